The third-order valence-electron chi connectivity index (χ3n) is 4.58. The van der Waals surface area contributed by atoms with E-state index in [4.69, 9.17) is 0 Å². The fourth-order valence-corrected chi connectivity index (χ4v) is 3.91. The molecule has 0 aromatic heterocycles. The molecule has 1 heteroatoms. The number of aryl methyl sites for hydroxylation is 6. The molecule has 2 aromatic carbocycles. The lowest BCUT2D eigenvalue weighted by atomic mass is 9.41. The Morgan fingerprint density at radius 2 is 1.05 bits per heavy atom. The van der Waals surface area contributed by atoms with Crippen LogP contribution in [-0.4, -0.2) is 6.71 Å². The fourth-order valence-electron chi connectivity index (χ4n) is 3.91. The van der Waals surface area contributed by atoms with Crippen LogP contribution in [0.4, 0.5) is 0 Å². The maximum Gasteiger partial charge on any atom is 0.177 e. The summed E-state index contributed by atoms with van der Waals surface area (Å²) in [5.41, 5.74) is 11.5. The van der Waals surface area contributed by atoms with Crippen molar-refractivity contribution in [1.82, 2.24) is 0 Å². The van der Waals surface area contributed by atoms with Crippen molar-refractivity contribution < 1.29 is 0 Å². The lowest BCUT2D eigenvalue weighted by molar-refractivity contribution is 1.19. The van der Waals surface area contributed by atoms with Crippen LogP contribution in [0.2, 0.25) is 6.82 Å². The summed E-state index contributed by atoms with van der Waals surface area (Å²) >= 11 is 0. The van der Waals surface area contributed by atoms with Gasteiger partial charge in [0, 0.05) is 0 Å². The van der Waals surface area contributed by atoms with E-state index in [-0.39, 0.29) is 0 Å². The van der Waals surface area contributed by atoms with Gasteiger partial charge in [0.15, 0.2) is 6.71 Å². The van der Waals surface area contributed by atoms with Crippen LogP contribution in [0.5, 0.6) is 0 Å². The molecule has 110 valence electrons. The highest BCUT2D eigenvalue weighted by atomic mass is 14.1. The van der Waals surface area contributed by atoms with Crippen molar-refractivity contribution in [2.45, 2.75) is 54.7 Å². The minimum Gasteiger partial charge on any atom is -0.0814 e. The Balaban J connectivity index is 2.37. The first-order chi connectivity index (χ1) is 9.79. The van der Waals surface area contributed by atoms with E-state index in [1.807, 2.05) is 0 Å². The van der Waals surface area contributed by atoms with Gasteiger partial charge in [0.1, 0.15) is 0 Å². The lowest BCUT2D eigenvalue weighted by Crippen LogP contribution is -2.34. The Morgan fingerprint density at radius 1 is 0.667 bits per heavy atom. The third kappa shape index (κ3) is 3.40. The predicted molar refractivity (Wildman–Crippen MR) is 96.3 cm³/mol. The summed E-state index contributed by atoms with van der Waals surface area (Å²) in [6.07, 6.45) is 1.13. The molecule has 0 radical (unpaired) electrons. The van der Waals surface area contributed by atoms with Crippen LogP contribution in [0.1, 0.15) is 38.9 Å². The summed E-state index contributed by atoms with van der Waals surface area (Å²) in [6, 6.07) is 9.25. The van der Waals surface area contributed by atoms with E-state index in [1.165, 1.54) is 44.4 Å². The van der Waals surface area contributed by atoms with Gasteiger partial charge in [-0.3, -0.25) is 0 Å². The molecular weight excluding hydrogens is 251 g/mol. The molecule has 0 aliphatic heterocycles. The van der Waals surface area contributed by atoms with E-state index in [1.54, 1.807) is 0 Å². The maximum absolute atomic E-state index is 2.36. The molecule has 0 aliphatic carbocycles. The quantitative estimate of drug-likeness (QED) is 0.717. The van der Waals surface area contributed by atoms with Gasteiger partial charge in [-0.15, -0.1) is 0 Å². The predicted octanol–water partition coefficient (Wildman–Crippen LogP) is 4.65. The van der Waals surface area contributed by atoms with Crippen LogP contribution in [0.25, 0.3) is 0 Å². The minimum absolute atomic E-state index is 0.561. The molecule has 0 fully saturated rings. The Bertz CT molecular complexity index is 622. The molecule has 0 saturated heterocycles. The second kappa shape index (κ2) is 6.09. The van der Waals surface area contributed by atoms with E-state index >= 15 is 0 Å². The number of benzene rings is 2. The van der Waals surface area contributed by atoms with Crippen LogP contribution in [0.3, 0.4) is 0 Å². The van der Waals surface area contributed by atoms with Crippen LogP contribution in [-0.2, 0) is 6.32 Å². The molecule has 0 saturated carbocycles. The third-order valence-corrected chi connectivity index (χ3v) is 4.58. The van der Waals surface area contributed by atoms with E-state index in [9.17, 15) is 0 Å². The van der Waals surface area contributed by atoms with Gasteiger partial charge in [-0.2, -0.15) is 0 Å². The molecule has 0 nitrogen and oxygen atoms in total. The molecule has 0 heterocycles. The lowest BCUT2D eigenvalue weighted by Gasteiger charge is -2.19. The van der Waals surface area contributed by atoms with Gasteiger partial charge in [-0.25, -0.2) is 0 Å². The first-order valence-electron chi connectivity index (χ1n) is 7.94. The van der Waals surface area contributed by atoms with Gasteiger partial charge < -0.3 is 0 Å². The summed E-state index contributed by atoms with van der Waals surface area (Å²) in [5, 5.41) is 0. The topological polar surface area (TPSA) is 0 Å². The molecule has 0 spiro atoms. The van der Waals surface area contributed by atoms with E-state index in [0.717, 1.165) is 6.32 Å². The average molecular weight is 278 g/mol. The second-order valence-corrected chi connectivity index (χ2v) is 6.79. The Kier molecular flexibility index (Phi) is 4.61. The highest BCUT2D eigenvalue weighted by molar-refractivity contribution is 6.72. The molecule has 0 unspecified atom stereocenters. The summed E-state index contributed by atoms with van der Waals surface area (Å²) in [5.74, 6) is 0. The van der Waals surface area contributed by atoms with Gasteiger partial charge in [-0.05, 0) is 64.6 Å². The largest absolute Gasteiger partial charge is 0.177 e. The van der Waals surface area contributed by atoms with Gasteiger partial charge in [0.25, 0.3) is 0 Å². The second-order valence-electron chi connectivity index (χ2n) is 6.79. The maximum atomic E-state index is 2.36. The Morgan fingerprint density at radius 3 is 1.48 bits per heavy atom. The van der Waals surface area contributed by atoms with Crippen molar-refractivity contribution in [2.75, 3.05) is 0 Å². The molecule has 2 aromatic rings. The molecule has 0 aliphatic rings. The van der Waals surface area contributed by atoms with Crippen molar-refractivity contribution in [3.05, 3.63) is 63.2 Å². The van der Waals surface area contributed by atoms with Crippen molar-refractivity contribution in [2.24, 2.45) is 0 Å². The summed E-state index contributed by atoms with van der Waals surface area (Å²) in [7, 11) is 0. The highest BCUT2D eigenvalue weighted by Gasteiger charge is 2.18. The van der Waals surface area contributed by atoms with Crippen molar-refractivity contribution in [3.63, 3.8) is 0 Å². The van der Waals surface area contributed by atoms with Crippen LogP contribution < -0.4 is 5.46 Å². The molecule has 0 atom stereocenters. The molecular formula is C20H27B. The smallest absolute Gasteiger partial charge is 0.0814 e. The van der Waals surface area contributed by atoms with Crippen LogP contribution in [0, 0.1) is 41.5 Å². The number of hydrogen-bond donors (Lipinski definition) is 0. The number of hydrogen-bond acceptors (Lipinski definition) is 0. The van der Waals surface area contributed by atoms with E-state index in [0.29, 0.717) is 6.71 Å². The van der Waals surface area contributed by atoms with Gasteiger partial charge in [-0.1, -0.05) is 58.8 Å². The standard InChI is InChI=1S/C20H27B/c1-13-8-15(3)19(16(4)9-13)12-21(7)20-17(5)10-14(2)11-18(20)6/h8-11H,12H2,1-7H3. The highest BCUT2D eigenvalue weighted by Crippen LogP contribution is 2.19. The zero-order valence-electron chi connectivity index (χ0n) is 14.6. The van der Waals surface area contributed by atoms with Crippen molar-refractivity contribution in [3.8, 4) is 0 Å². The summed E-state index contributed by atoms with van der Waals surface area (Å²) < 4.78 is 0. The summed E-state index contributed by atoms with van der Waals surface area (Å²) in [6.45, 7) is 16.3. The SMILES string of the molecule is CB(Cc1c(C)cc(C)cc1C)c1c(C)cc(C)cc1C. The van der Waals surface area contributed by atoms with E-state index < -0.39 is 0 Å². The first-order valence-corrected chi connectivity index (χ1v) is 7.94. The molecule has 21 heavy (non-hydrogen) atoms. The molecule has 0 bridgehead atoms. The van der Waals surface area contributed by atoms with Crippen LogP contribution >= 0.6 is 0 Å². The van der Waals surface area contributed by atoms with Gasteiger partial charge in [0.05, 0.1) is 0 Å². The summed E-state index contributed by atoms with van der Waals surface area (Å²) in [4.78, 5) is 0. The zero-order chi connectivity index (χ0) is 15.7. The average Bonchev–Trinajstić information content (AvgIpc) is 2.32. The molecule has 0 N–H and O–H groups in total. The molecule has 0 amide bonds. The normalized spacial score (nSPS) is 10.8. The Hall–Kier alpha value is -1.50. The van der Waals surface area contributed by atoms with E-state index in [2.05, 4.69) is 72.6 Å². The minimum atomic E-state index is 0.561. The van der Waals surface area contributed by atoms with Crippen molar-refractivity contribution >= 4 is 12.2 Å². The number of rotatable bonds is 3. The van der Waals surface area contributed by atoms with Gasteiger partial charge >= 0.3 is 0 Å². The van der Waals surface area contributed by atoms with Gasteiger partial charge in [0.2, 0.25) is 0 Å². The van der Waals surface area contributed by atoms with Crippen LogP contribution in [0.15, 0.2) is 24.3 Å². The fraction of sp³-hybridized carbons (Fsp3) is 0.400. The Labute approximate surface area is 130 Å². The van der Waals surface area contributed by atoms with Crippen molar-refractivity contribution in [1.29, 1.82) is 0 Å². The monoisotopic (exact) mass is 278 g/mol. The molecule has 2 rings (SSSR count). The zero-order valence-corrected chi connectivity index (χ0v) is 14.6. The first kappa shape index (κ1) is 15.9.